The van der Waals surface area contributed by atoms with E-state index >= 15 is 0 Å². The fourth-order valence-electron chi connectivity index (χ4n) is 3.16. The molecule has 9 heteroatoms. The maximum Gasteiger partial charge on any atom is 0.319 e. The van der Waals surface area contributed by atoms with Crippen LogP contribution in [0.3, 0.4) is 0 Å². The number of aromatic nitrogens is 3. The minimum absolute atomic E-state index is 0.161. The monoisotopic (exact) mass is 481 g/mol. The first-order chi connectivity index (χ1) is 16.0. The van der Waals surface area contributed by atoms with Crippen molar-refractivity contribution in [2.45, 2.75) is 24.4 Å². The van der Waals surface area contributed by atoms with Crippen molar-refractivity contribution in [3.63, 3.8) is 0 Å². The molecule has 4 aromatic rings. The predicted molar refractivity (Wildman–Crippen MR) is 129 cm³/mol. The summed E-state index contributed by atoms with van der Waals surface area (Å²) in [6.07, 6.45) is 0. The molecule has 168 valence electrons. The minimum atomic E-state index is -0.348. The van der Waals surface area contributed by atoms with Gasteiger partial charge in [0.25, 0.3) is 0 Å². The Labute approximate surface area is 200 Å². The zero-order chi connectivity index (χ0) is 23.2. The molecule has 0 aliphatic rings. The van der Waals surface area contributed by atoms with Gasteiger partial charge in [-0.3, -0.25) is 4.57 Å². The van der Waals surface area contributed by atoms with Crippen molar-refractivity contribution >= 4 is 35.1 Å². The van der Waals surface area contributed by atoms with Crippen LogP contribution in [0.25, 0.3) is 5.69 Å². The van der Waals surface area contributed by atoms with Crippen LogP contribution in [0.1, 0.15) is 17.0 Å². The Morgan fingerprint density at radius 2 is 1.82 bits per heavy atom. The Hall–Kier alpha value is -3.36. The van der Waals surface area contributed by atoms with E-state index < -0.39 is 0 Å². The molecule has 3 aromatic carbocycles. The van der Waals surface area contributed by atoms with Gasteiger partial charge in [0, 0.05) is 16.5 Å². The molecular formula is C24H21ClFN5OS. The summed E-state index contributed by atoms with van der Waals surface area (Å²) < 4.78 is 15.1. The molecule has 6 nitrogen and oxygen atoms in total. The lowest BCUT2D eigenvalue weighted by atomic mass is 10.2. The zero-order valence-corrected chi connectivity index (χ0v) is 19.3. The quantitative estimate of drug-likeness (QED) is 0.318. The van der Waals surface area contributed by atoms with Gasteiger partial charge in [0.15, 0.2) is 11.0 Å². The SMILES string of the molecule is Cc1ccc(Cl)cc1-n1c(CNC(=O)Nc2ccccc2)nnc1SCc1ccc(F)cc1. The molecule has 0 spiro atoms. The number of anilines is 1. The zero-order valence-electron chi connectivity index (χ0n) is 17.8. The third-order valence-electron chi connectivity index (χ3n) is 4.83. The maximum absolute atomic E-state index is 13.2. The van der Waals surface area contributed by atoms with E-state index in [4.69, 9.17) is 11.6 Å². The average molecular weight is 482 g/mol. The van der Waals surface area contributed by atoms with Gasteiger partial charge in [-0.15, -0.1) is 10.2 Å². The first-order valence-corrected chi connectivity index (χ1v) is 11.5. The van der Waals surface area contributed by atoms with Crippen LogP contribution >= 0.6 is 23.4 Å². The van der Waals surface area contributed by atoms with Crippen molar-refractivity contribution in [1.82, 2.24) is 20.1 Å². The summed E-state index contributed by atoms with van der Waals surface area (Å²) in [6, 6.07) is 20.8. The number of amides is 2. The van der Waals surface area contributed by atoms with Gasteiger partial charge >= 0.3 is 6.03 Å². The van der Waals surface area contributed by atoms with E-state index in [1.54, 1.807) is 12.1 Å². The van der Waals surface area contributed by atoms with Gasteiger partial charge in [-0.05, 0) is 54.4 Å². The third kappa shape index (κ3) is 5.91. The number of hydrogen-bond acceptors (Lipinski definition) is 4. The highest BCUT2D eigenvalue weighted by Gasteiger charge is 2.17. The van der Waals surface area contributed by atoms with Gasteiger partial charge in [-0.1, -0.05) is 59.8 Å². The number of urea groups is 1. The second-order valence-electron chi connectivity index (χ2n) is 7.25. The molecule has 0 fully saturated rings. The lowest BCUT2D eigenvalue weighted by Gasteiger charge is -2.14. The molecule has 1 heterocycles. The first-order valence-electron chi connectivity index (χ1n) is 10.2. The number of aryl methyl sites for hydroxylation is 1. The van der Waals surface area contributed by atoms with Crippen molar-refractivity contribution in [2.24, 2.45) is 0 Å². The minimum Gasteiger partial charge on any atom is -0.331 e. The van der Waals surface area contributed by atoms with Crippen LogP contribution in [-0.2, 0) is 12.3 Å². The Morgan fingerprint density at radius 1 is 1.06 bits per heavy atom. The molecule has 0 unspecified atom stereocenters. The number of rotatable bonds is 7. The molecule has 2 N–H and O–H groups in total. The van der Waals surface area contributed by atoms with Gasteiger partial charge in [0.05, 0.1) is 12.2 Å². The van der Waals surface area contributed by atoms with E-state index in [0.717, 1.165) is 16.8 Å². The van der Waals surface area contributed by atoms with E-state index in [1.165, 1.54) is 23.9 Å². The maximum atomic E-state index is 13.2. The van der Waals surface area contributed by atoms with Crippen LogP contribution in [0.2, 0.25) is 5.02 Å². The standard InChI is InChI=1S/C24H21ClFN5OS/c1-16-7-10-18(25)13-21(16)31-22(14-27-23(32)28-20-5-3-2-4-6-20)29-30-24(31)33-15-17-8-11-19(26)12-9-17/h2-13H,14-15H2,1H3,(H2,27,28,32). The average Bonchev–Trinajstić information content (AvgIpc) is 3.22. The Balaban J connectivity index is 1.56. The Bertz CT molecular complexity index is 1250. The van der Waals surface area contributed by atoms with Gasteiger partial charge in [-0.25, -0.2) is 9.18 Å². The van der Waals surface area contributed by atoms with Crippen molar-refractivity contribution in [2.75, 3.05) is 5.32 Å². The molecule has 0 aliphatic carbocycles. The number of carbonyl (C=O) groups excluding carboxylic acids is 1. The summed E-state index contributed by atoms with van der Waals surface area (Å²) in [6.45, 7) is 2.13. The molecule has 1 aromatic heterocycles. The number of halogens is 2. The van der Waals surface area contributed by atoms with Crippen LogP contribution in [0.4, 0.5) is 14.9 Å². The normalized spacial score (nSPS) is 10.8. The Kier molecular flexibility index (Phi) is 7.26. The van der Waals surface area contributed by atoms with Crippen molar-refractivity contribution < 1.29 is 9.18 Å². The van der Waals surface area contributed by atoms with Crippen LogP contribution in [0, 0.1) is 12.7 Å². The van der Waals surface area contributed by atoms with E-state index in [0.29, 0.717) is 27.4 Å². The number of thioether (sulfide) groups is 1. The molecule has 0 aliphatic heterocycles. The number of nitrogens with one attached hydrogen (secondary N) is 2. The predicted octanol–water partition coefficient (Wildman–Crippen LogP) is 5.98. The topological polar surface area (TPSA) is 71.8 Å². The number of carbonyl (C=O) groups is 1. The van der Waals surface area contributed by atoms with Gasteiger partial charge in [0.1, 0.15) is 5.82 Å². The molecular weight excluding hydrogens is 461 g/mol. The Morgan fingerprint density at radius 3 is 2.58 bits per heavy atom. The van der Waals surface area contributed by atoms with Crippen LogP contribution < -0.4 is 10.6 Å². The summed E-state index contributed by atoms with van der Waals surface area (Å²) in [7, 11) is 0. The summed E-state index contributed by atoms with van der Waals surface area (Å²) in [5.74, 6) is 0.869. The fraction of sp³-hybridized carbons (Fsp3) is 0.125. The van der Waals surface area contributed by atoms with Crippen LogP contribution in [0.5, 0.6) is 0 Å². The number of benzene rings is 3. The van der Waals surface area contributed by atoms with Gasteiger partial charge in [-0.2, -0.15) is 0 Å². The first kappa shape index (κ1) is 22.8. The van der Waals surface area contributed by atoms with Crippen LogP contribution in [-0.4, -0.2) is 20.8 Å². The number of nitrogens with zero attached hydrogens (tertiary/aromatic N) is 3. The molecule has 0 radical (unpaired) electrons. The molecule has 2 amide bonds. The van der Waals surface area contributed by atoms with Crippen molar-refractivity contribution in [1.29, 1.82) is 0 Å². The highest BCUT2D eigenvalue weighted by atomic mass is 35.5. The lowest BCUT2D eigenvalue weighted by Crippen LogP contribution is -2.29. The molecule has 33 heavy (non-hydrogen) atoms. The summed E-state index contributed by atoms with van der Waals surface area (Å²) in [4.78, 5) is 12.4. The number of hydrogen-bond donors (Lipinski definition) is 2. The highest BCUT2D eigenvalue weighted by molar-refractivity contribution is 7.98. The van der Waals surface area contributed by atoms with E-state index in [2.05, 4.69) is 20.8 Å². The third-order valence-corrected chi connectivity index (χ3v) is 6.07. The van der Waals surface area contributed by atoms with Crippen molar-refractivity contribution in [3.05, 3.63) is 101 Å². The second-order valence-corrected chi connectivity index (χ2v) is 8.63. The van der Waals surface area contributed by atoms with Gasteiger partial charge in [0.2, 0.25) is 0 Å². The molecule has 0 atom stereocenters. The largest absolute Gasteiger partial charge is 0.331 e. The molecule has 0 bridgehead atoms. The van der Waals surface area contributed by atoms with E-state index in [9.17, 15) is 9.18 Å². The molecule has 0 saturated carbocycles. The number of para-hydroxylation sites is 1. The lowest BCUT2D eigenvalue weighted by molar-refractivity contribution is 0.251. The van der Waals surface area contributed by atoms with E-state index in [1.807, 2.05) is 60.0 Å². The summed E-state index contributed by atoms with van der Waals surface area (Å²) >= 11 is 7.74. The highest BCUT2D eigenvalue weighted by Crippen LogP contribution is 2.28. The molecule has 0 saturated heterocycles. The summed E-state index contributed by atoms with van der Waals surface area (Å²) in [5.41, 5.74) is 3.46. The smallest absolute Gasteiger partial charge is 0.319 e. The van der Waals surface area contributed by atoms with Crippen LogP contribution in [0.15, 0.2) is 78.0 Å². The summed E-state index contributed by atoms with van der Waals surface area (Å²) in [5, 5.41) is 15.5. The van der Waals surface area contributed by atoms with E-state index in [-0.39, 0.29) is 18.4 Å². The van der Waals surface area contributed by atoms with Crippen molar-refractivity contribution in [3.8, 4) is 5.69 Å². The second kappa shape index (κ2) is 10.5. The molecule has 4 rings (SSSR count). The fourth-order valence-corrected chi connectivity index (χ4v) is 4.24. The van der Waals surface area contributed by atoms with Gasteiger partial charge < -0.3 is 10.6 Å².